The molecule has 2 aromatic rings. The Kier molecular flexibility index (Phi) is 6.63. The van der Waals surface area contributed by atoms with Crippen LogP contribution in [0.15, 0.2) is 54.6 Å². The molecule has 0 atom stereocenters. The van der Waals surface area contributed by atoms with Crippen molar-refractivity contribution in [3.8, 4) is 11.5 Å². The van der Waals surface area contributed by atoms with Gasteiger partial charge in [0.25, 0.3) is 0 Å². The van der Waals surface area contributed by atoms with Gasteiger partial charge in [-0.1, -0.05) is 35.9 Å². The van der Waals surface area contributed by atoms with Crippen molar-refractivity contribution >= 4 is 10.1 Å². The van der Waals surface area contributed by atoms with Crippen molar-refractivity contribution in [1.82, 2.24) is 4.90 Å². The summed E-state index contributed by atoms with van der Waals surface area (Å²) in [5.74, 6) is 1.08. The zero-order valence-corrected chi connectivity index (χ0v) is 14.8. The zero-order chi connectivity index (χ0) is 17.4. The lowest BCUT2D eigenvalue weighted by Gasteiger charge is -2.17. The van der Waals surface area contributed by atoms with Gasteiger partial charge in [-0.3, -0.25) is 0 Å². The maximum atomic E-state index is 12.0. The first-order valence-electron chi connectivity index (χ1n) is 7.80. The molecule has 5 nitrogen and oxygen atoms in total. The summed E-state index contributed by atoms with van der Waals surface area (Å²) in [7, 11) is -1.74. The average Bonchev–Trinajstić information content (AvgIpc) is 2.55. The van der Waals surface area contributed by atoms with Crippen LogP contribution in [0.3, 0.4) is 0 Å². The van der Waals surface area contributed by atoms with Crippen LogP contribution in [0.1, 0.15) is 5.56 Å². The summed E-state index contributed by atoms with van der Waals surface area (Å²) in [6.07, 6.45) is 0. The molecule has 0 heterocycles. The van der Waals surface area contributed by atoms with Crippen molar-refractivity contribution in [2.45, 2.75) is 6.92 Å². The molecular weight excluding hydrogens is 326 g/mol. The maximum Gasteiger partial charge on any atom is 0.310 e. The minimum Gasteiger partial charge on any atom is -0.492 e. The van der Waals surface area contributed by atoms with Gasteiger partial charge >= 0.3 is 10.1 Å². The second-order valence-corrected chi connectivity index (χ2v) is 7.31. The third kappa shape index (κ3) is 6.60. The van der Waals surface area contributed by atoms with Gasteiger partial charge in [0.15, 0.2) is 0 Å². The first-order chi connectivity index (χ1) is 11.4. The summed E-state index contributed by atoms with van der Waals surface area (Å²) in [6, 6.07) is 16.4. The van der Waals surface area contributed by atoms with E-state index in [0.717, 1.165) is 5.75 Å². The number of hydrogen-bond acceptors (Lipinski definition) is 5. The Morgan fingerprint density at radius 2 is 1.58 bits per heavy atom. The Balaban J connectivity index is 1.70. The fourth-order valence-corrected chi connectivity index (χ4v) is 3.02. The smallest absolute Gasteiger partial charge is 0.310 e. The molecule has 0 unspecified atom stereocenters. The van der Waals surface area contributed by atoms with Gasteiger partial charge in [-0.25, -0.2) is 0 Å². The Morgan fingerprint density at radius 1 is 0.917 bits per heavy atom. The van der Waals surface area contributed by atoms with Crippen molar-refractivity contribution in [1.29, 1.82) is 0 Å². The quantitative estimate of drug-likeness (QED) is 0.652. The highest BCUT2D eigenvalue weighted by Gasteiger charge is 2.14. The summed E-state index contributed by atoms with van der Waals surface area (Å²) in [4.78, 5) is 1.90. The highest BCUT2D eigenvalue weighted by molar-refractivity contribution is 7.87. The van der Waals surface area contributed by atoms with Crippen LogP contribution in [-0.2, 0) is 10.1 Å². The van der Waals surface area contributed by atoms with Crippen molar-refractivity contribution in [3.05, 3.63) is 60.2 Å². The molecule has 0 bridgehead atoms. The number of nitrogens with zero attached hydrogens (tertiary/aromatic N) is 1. The van der Waals surface area contributed by atoms with Gasteiger partial charge in [0.05, 0.1) is 5.75 Å². The third-order valence-electron chi connectivity index (χ3n) is 3.45. The van der Waals surface area contributed by atoms with Gasteiger partial charge in [-0.05, 0) is 38.2 Å². The minimum absolute atomic E-state index is 0.0665. The third-order valence-corrected chi connectivity index (χ3v) is 4.58. The van der Waals surface area contributed by atoms with E-state index in [-0.39, 0.29) is 5.75 Å². The van der Waals surface area contributed by atoms with E-state index in [1.54, 1.807) is 30.3 Å². The van der Waals surface area contributed by atoms with E-state index < -0.39 is 10.1 Å². The van der Waals surface area contributed by atoms with E-state index in [2.05, 4.69) is 0 Å². The van der Waals surface area contributed by atoms with Gasteiger partial charge in [0, 0.05) is 13.1 Å². The Morgan fingerprint density at radius 3 is 2.25 bits per heavy atom. The van der Waals surface area contributed by atoms with Crippen LogP contribution >= 0.6 is 0 Å². The molecule has 0 saturated carbocycles. The normalized spacial score (nSPS) is 11.5. The van der Waals surface area contributed by atoms with Gasteiger partial charge in [0.2, 0.25) is 0 Å². The van der Waals surface area contributed by atoms with Gasteiger partial charge in [0.1, 0.15) is 18.1 Å². The number of para-hydroxylation sites is 1. The van der Waals surface area contributed by atoms with Gasteiger partial charge < -0.3 is 13.8 Å². The maximum absolute atomic E-state index is 12.0. The molecule has 0 aliphatic carbocycles. The number of hydrogen-bond donors (Lipinski definition) is 0. The molecule has 2 rings (SSSR count). The first-order valence-corrected chi connectivity index (χ1v) is 9.37. The lowest BCUT2D eigenvalue weighted by molar-refractivity contribution is 0.243. The fourth-order valence-electron chi connectivity index (χ4n) is 2.00. The molecule has 0 N–H and O–H groups in total. The molecule has 0 aliphatic heterocycles. The van der Waals surface area contributed by atoms with Crippen LogP contribution in [-0.4, -0.2) is 45.8 Å². The summed E-state index contributed by atoms with van der Waals surface area (Å²) in [6.45, 7) is 3.54. The molecule has 130 valence electrons. The number of rotatable bonds is 9. The highest BCUT2D eigenvalue weighted by atomic mass is 32.2. The SMILES string of the molecule is Cc1ccc(OCCN(C)CCS(=O)(=O)Oc2ccccc2)cc1. The Labute approximate surface area is 143 Å². The predicted molar refractivity (Wildman–Crippen MR) is 95.0 cm³/mol. The predicted octanol–water partition coefficient (Wildman–Crippen LogP) is 2.71. The number of ether oxygens (including phenoxy) is 1. The molecule has 0 saturated heterocycles. The molecule has 24 heavy (non-hydrogen) atoms. The molecule has 0 fully saturated rings. The molecule has 2 aromatic carbocycles. The van der Waals surface area contributed by atoms with Crippen LogP contribution in [0.2, 0.25) is 0 Å². The summed E-state index contributed by atoms with van der Waals surface area (Å²) in [5, 5.41) is 0. The molecule has 0 spiro atoms. The second-order valence-electron chi connectivity index (χ2n) is 5.62. The summed E-state index contributed by atoms with van der Waals surface area (Å²) >= 11 is 0. The Hall–Kier alpha value is -2.05. The van der Waals surface area contributed by atoms with Crippen molar-refractivity contribution in [3.63, 3.8) is 0 Å². The van der Waals surface area contributed by atoms with Crippen LogP contribution in [0.25, 0.3) is 0 Å². The van der Waals surface area contributed by atoms with Crippen molar-refractivity contribution in [2.24, 2.45) is 0 Å². The van der Waals surface area contributed by atoms with Crippen molar-refractivity contribution < 1.29 is 17.3 Å². The molecule has 0 amide bonds. The molecule has 0 aliphatic rings. The van der Waals surface area contributed by atoms with E-state index >= 15 is 0 Å². The van der Waals surface area contributed by atoms with E-state index in [4.69, 9.17) is 8.92 Å². The second kappa shape index (κ2) is 8.70. The standard InChI is InChI=1S/C18H23NO4S/c1-16-8-10-17(11-9-16)22-14-12-19(2)13-15-24(20,21)23-18-6-4-3-5-7-18/h3-11H,12-15H2,1-2H3. The summed E-state index contributed by atoms with van der Waals surface area (Å²) in [5.41, 5.74) is 1.18. The summed E-state index contributed by atoms with van der Waals surface area (Å²) < 4.78 is 34.6. The minimum atomic E-state index is -3.59. The van der Waals surface area contributed by atoms with E-state index in [1.165, 1.54) is 5.56 Å². The first kappa shape index (κ1) is 18.3. The number of likely N-dealkylation sites (N-methyl/N-ethyl adjacent to an activating group) is 1. The van der Waals surface area contributed by atoms with Crippen LogP contribution in [0, 0.1) is 6.92 Å². The molecule has 6 heteroatoms. The zero-order valence-electron chi connectivity index (χ0n) is 14.0. The topological polar surface area (TPSA) is 55.8 Å². The van der Waals surface area contributed by atoms with Crippen LogP contribution in [0.4, 0.5) is 0 Å². The number of aryl methyl sites for hydroxylation is 1. The number of benzene rings is 2. The molecule has 0 radical (unpaired) electrons. The van der Waals surface area contributed by atoms with E-state index in [1.807, 2.05) is 43.1 Å². The fraction of sp³-hybridized carbons (Fsp3) is 0.333. The van der Waals surface area contributed by atoms with Gasteiger partial charge in [-0.2, -0.15) is 8.42 Å². The van der Waals surface area contributed by atoms with E-state index in [9.17, 15) is 8.42 Å². The van der Waals surface area contributed by atoms with Crippen LogP contribution < -0.4 is 8.92 Å². The van der Waals surface area contributed by atoms with Gasteiger partial charge in [-0.15, -0.1) is 0 Å². The molecular formula is C18H23NO4S. The van der Waals surface area contributed by atoms with Crippen molar-refractivity contribution in [2.75, 3.05) is 32.5 Å². The lowest BCUT2D eigenvalue weighted by Crippen LogP contribution is -2.30. The Bertz CT molecular complexity index is 714. The largest absolute Gasteiger partial charge is 0.492 e. The highest BCUT2D eigenvalue weighted by Crippen LogP contribution is 2.12. The van der Waals surface area contributed by atoms with E-state index in [0.29, 0.717) is 25.4 Å². The lowest BCUT2D eigenvalue weighted by atomic mass is 10.2. The molecule has 0 aromatic heterocycles. The monoisotopic (exact) mass is 349 g/mol. The van der Waals surface area contributed by atoms with Crippen LogP contribution in [0.5, 0.6) is 11.5 Å². The average molecular weight is 349 g/mol.